The maximum absolute atomic E-state index is 10.7. The molecular formula is C11H14N6O2. The summed E-state index contributed by atoms with van der Waals surface area (Å²) in [5.74, 6) is 1.76. The molecule has 19 heavy (non-hydrogen) atoms. The topological polar surface area (TPSA) is 113 Å². The minimum Gasteiger partial charge on any atom is -0.378 e. The Morgan fingerprint density at radius 1 is 1.32 bits per heavy atom. The van der Waals surface area contributed by atoms with E-state index in [1.165, 1.54) is 12.1 Å². The van der Waals surface area contributed by atoms with E-state index in [-0.39, 0.29) is 11.5 Å². The van der Waals surface area contributed by atoms with E-state index < -0.39 is 4.92 Å². The monoisotopic (exact) mass is 262 g/mol. The first-order chi connectivity index (χ1) is 9.06. The number of aromatic nitrogens is 4. The molecule has 0 saturated heterocycles. The molecule has 0 aliphatic carbocycles. The molecule has 2 aromatic heterocycles. The second kappa shape index (κ2) is 5.01. The van der Waals surface area contributed by atoms with Crippen molar-refractivity contribution in [3.05, 3.63) is 33.9 Å². The van der Waals surface area contributed by atoms with Gasteiger partial charge in [-0.15, -0.1) is 5.10 Å². The van der Waals surface area contributed by atoms with Crippen LogP contribution in [0, 0.1) is 10.1 Å². The van der Waals surface area contributed by atoms with Gasteiger partial charge in [-0.1, -0.05) is 13.8 Å². The van der Waals surface area contributed by atoms with Crippen LogP contribution in [0.15, 0.2) is 12.1 Å². The van der Waals surface area contributed by atoms with Gasteiger partial charge in [0, 0.05) is 18.9 Å². The van der Waals surface area contributed by atoms with E-state index >= 15 is 0 Å². The van der Waals surface area contributed by atoms with Gasteiger partial charge < -0.3 is 5.73 Å². The summed E-state index contributed by atoms with van der Waals surface area (Å²) in [5, 5.41) is 15.0. The third kappa shape index (κ3) is 2.37. The molecule has 100 valence electrons. The Kier molecular flexibility index (Phi) is 3.41. The summed E-state index contributed by atoms with van der Waals surface area (Å²) in [7, 11) is 0. The predicted molar refractivity (Wildman–Crippen MR) is 69.0 cm³/mol. The van der Waals surface area contributed by atoms with Crippen molar-refractivity contribution in [1.29, 1.82) is 0 Å². The number of nitro groups is 1. The normalized spacial score (nSPS) is 10.6. The Morgan fingerprint density at radius 2 is 2.05 bits per heavy atom. The molecule has 8 nitrogen and oxygen atoms in total. The summed E-state index contributed by atoms with van der Waals surface area (Å²) in [6.07, 6.45) is 1.40. The standard InChI is InChI=1S/C11H14N6O2/c1-3-8-13-9(4-2)16(15-8)10-6-5-7(17(18)19)11(12)14-10/h5-6H,3-4H2,1-2H3,(H2,12,14). The van der Waals surface area contributed by atoms with E-state index in [9.17, 15) is 10.1 Å². The minimum atomic E-state index is -0.564. The molecule has 0 aliphatic rings. The lowest BCUT2D eigenvalue weighted by Gasteiger charge is -2.04. The Hall–Kier alpha value is -2.51. The quantitative estimate of drug-likeness (QED) is 0.655. The highest BCUT2D eigenvalue weighted by Gasteiger charge is 2.16. The number of pyridine rings is 1. The van der Waals surface area contributed by atoms with Crippen molar-refractivity contribution < 1.29 is 4.92 Å². The van der Waals surface area contributed by atoms with Crippen LogP contribution >= 0.6 is 0 Å². The van der Waals surface area contributed by atoms with Crippen molar-refractivity contribution in [1.82, 2.24) is 19.7 Å². The van der Waals surface area contributed by atoms with Crippen LogP contribution in [0.25, 0.3) is 5.82 Å². The fourth-order valence-electron chi connectivity index (χ4n) is 1.68. The molecular weight excluding hydrogens is 248 g/mol. The van der Waals surface area contributed by atoms with Crippen LogP contribution in [-0.4, -0.2) is 24.7 Å². The van der Waals surface area contributed by atoms with Gasteiger partial charge in [-0.2, -0.15) is 4.68 Å². The molecule has 2 N–H and O–H groups in total. The highest BCUT2D eigenvalue weighted by atomic mass is 16.6. The van der Waals surface area contributed by atoms with Gasteiger partial charge in [0.15, 0.2) is 11.6 Å². The van der Waals surface area contributed by atoms with Gasteiger partial charge in [0.05, 0.1) is 4.92 Å². The summed E-state index contributed by atoms with van der Waals surface area (Å²) in [6, 6.07) is 2.84. The Morgan fingerprint density at radius 3 is 2.58 bits per heavy atom. The van der Waals surface area contributed by atoms with E-state index in [1.807, 2.05) is 13.8 Å². The lowest BCUT2D eigenvalue weighted by atomic mass is 10.3. The molecule has 0 fully saturated rings. The van der Waals surface area contributed by atoms with E-state index in [4.69, 9.17) is 5.73 Å². The van der Waals surface area contributed by atoms with Crippen molar-refractivity contribution >= 4 is 11.5 Å². The van der Waals surface area contributed by atoms with Crippen LogP contribution in [0.2, 0.25) is 0 Å². The van der Waals surface area contributed by atoms with Crippen molar-refractivity contribution in [3.8, 4) is 5.82 Å². The zero-order valence-corrected chi connectivity index (χ0v) is 10.7. The average Bonchev–Trinajstić information content (AvgIpc) is 2.81. The lowest BCUT2D eigenvalue weighted by Crippen LogP contribution is -2.07. The zero-order chi connectivity index (χ0) is 14.0. The highest BCUT2D eigenvalue weighted by Crippen LogP contribution is 2.20. The summed E-state index contributed by atoms with van der Waals surface area (Å²) < 4.78 is 1.57. The van der Waals surface area contributed by atoms with E-state index in [0.717, 1.165) is 5.82 Å². The Labute approximate surface area is 109 Å². The zero-order valence-electron chi connectivity index (χ0n) is 10.7. The maximum atomic E-state index is 10.7. The molecule has 2 rings (SSSR count). The number of nitrogens with two attached hydrogens (primary N) is 1. The molecule has 0 spiro atoms. The molecule has 0 unspecified atom stereocenters. The average molecular weight is 262 g/mol. The summed E-state index contributed by atoms with van der Waals surface area (Å²) in [4.78, 5) is 18.5. The molecule has 0 atom stereocenters. The Balaban J connectivity index is 2.50. The van der Waals surface area contributed by atoms with Gasteiger partial charge >= 0.3 is 5.69 Å². The molecule has 2 heterocycles. The van der Waals surface area contributed by atoms with Gasteiger partial charge in [-0.3, -0.25) is 10.1 Å². The molecule has 8 heteroatoms. The van der Waals surface area contributed by atoms with Crippen LogP contribution in [0.3, 0.4) is 0 Å². The Bertz CT molecular complexity index is 622. The molecule has 0 aliphatic heterocycles. The first kappa shape index (κ1) is 12.9. The third-order valence-corrected chi connectivity index (χ3v) is 2.65. The largest absolute Gasteiger partial charge is 0.378 e. The van der Waals surface area contributed by atoms with Crippen LogP contribution in [0.5, 0.6) is 0 Å². The van der Waals surface area contributed by atoms with Crippen LogP contribution in [0.4, 0.5) is 11.5 Å². The molecule has 0 amide bonds. The van der Waals surface area contributed by atoms with Crippen LogP contribution in [0.1, 0.15) is 25.5 Å². The van der Waals surface area contributed by atoms with Crippen molar-refractivity contribution in [2.24, 2.45) is 0 Å². The number of rotatable bonds is 4. The molecule has 0 saturated carbocycles. The van der Waals surface area contributed by atoms with Crippen molar-refractivity contribution in [2.75, 3.05) is 5.73 Å². The fraction of sp³-hybridized carbons (Fsp3) is 0.364. The summed E-state index contributed by atoms with van der Waals surface area (Å²) >= 11 is 0. The lowest BCUT2D eigenvalue weighted by molar-refractivity contribution is -0.384. The second-order valence-corrected chi connectivity index (χ2v) is 3.89. The summed E-state index contributed by atoms with van der Waals surface area (Å²) in [5.41, 5.74) is 5.37. The van der Waals surface area contributed by atoms with E-state index in [0.29, 0.717) is 24.5 Å². The number of anilines is 1. The van der Waals surface area contributed by atoms with E-state index in [1.54, 1.807) is 4.68 Å². The molecule has 0 bridgehead atoms. The smallest absolute Gasteiger partial charge is 0.311 e. The first-order valence-electron chi connectivity index (χ1n) is 5.92. The van der Waals surface area contributed by atoms with Crippen molar-refractivity contribution in [2.45, 2.75) is 26.7 Å². The third-order valence-electron chi connectivity index (χ3n) is 2.65. The first-order valence-corrected chi connectivity index (χ1v) is 5.92. The fourth-order valence-corrected chi connectivity index (χ4v) is 1.68. The number of hydrogen-bond donors (Lipinski definition) is 1. The van der Waals surface area contributed by atoms with Gasteiger partial charge in [-0.05, 0) is 6.07 Å². The van der Waals surface area contributed by atoms with Gasteiger partial charge in [0.2, 0.25) is 5.82 Å². The SMILES string of the molecule is CCc1nc(CC)n(-c2ccc([N+](=O)[O-])c(N)n2)n1. The maximum Gasteiger partial charge on any atom is 0.311 e. The van der Waals surface area contributed by atoms with Gasteiger partial charge in [0.25, 0.3) is 0 Å². The molecule has 0 radical (unpaired) electrons. The molecule has 2 aromatic rings. The number of hydrogen-bond acceptors (Lipinski definition) is 6. The van der Waals surface area contributed by atoms with Crippen molar-refractivity contribution in [3.63, 3.8) is 0 Å². The predicted octanol–water partition coefficient (Wildman–Crippen LogP) is 1.28. The van der Waals surface area contributed by atoms with Crippen LogP contribution < -0.4 is 5.73 Å². The van der Waals surface area contributed by atoms with Gasteiger partial charge in [0.1, 0.15) is 5.82 Å². The summed E-state index contributed by atoms with van der Waals surface area (Å²) in [6.45, 7) is 3.91. The number of nitrogens with zero attached hydrogens (tertiary/aromatic N) is 5. The number of aryl methyl sites for hydroxylation is 2. The highest BCUT2D eigenvalue weighted by molar-refractivity contribution is 5.54. The molecule has 0 aromatic carbocycles. The van der Waals surface area contributed by atoms with E-state index in [2.05, 4.69) is 15.1 Å². The minimum absolute atomic E-state index is 0.127. The number of nitrogen functional groups attached to an aromatic ring is 1. The van der Waals surface area contributed by atoms with Gasteiger partial charge in [-0.25, -0.2) is 9.97 Å². The second-order valence-electron chi connectivity index (χ2n) is 3.89. The van der Waals surface area contributed by atoms with Crippen LogP contribution in [-0.2, 0) is 12.8 Å².